The number of carbonyl (C=O) groups excluding carboxylic acids is 2. The van der Waals surface area contributed by atoms with Gasteiger partial charge in [-0.05, 0) is 6.92 Å². The van der Waals surface area contributed by atoms with E-state index in [9.17, 15) is 14.4 Å². The number of carboxylic acids is 1. The fourth-order valence-electron chi connectivity index (χ4n) is 2.47. The van der Waals surface area contributed by atoms with Crippen LogP contribution >= 0.6 is 0 Å². The van der Waals surface area contributed by atoms with Gasteiger partial charge in [-0.25, -0.2) is 9.59 Å². The van der Waals surface area contributed by atoms with E-state index in [1.54, 1.807) is 6.92 Å². The van der Waals surface area contributed by atoms with Crippen LogP contribution in [0.25, 0.3) is 0 Å². The van der Waals surface area contributed by atoms with Gasteiger partial charge in [-0.1, -0.05) is 0 Å². The van der Waals surface area contributed by atoms with Crippen LogP contribution in [0.5, 0.6) is 0 Å². The maximum atomic E-state index is 12.3. The molecule has 2 rings (SSSR count). The van der Waals surface area contributed by atoms with Gasteiger partial charge in [0.15, 0.2) is 0 Å². The number of nitrogens with zero attached hydrogens (tertiary/aromatic N) is 2. The molecule has 0 aliphatic carbocycles. The van der Waals surface area contributed by atoms with Crippen LogP contribution in [0.1, 0.15) is 6.92 Å². The van der Waals surface area contributed by atoms with Crippen LogP contribution in [0, 0.1) is 0 Å². The molecule has 0 aromatic rings. The van der Waals surface area contributed by atoms with Crippen molar-refractivity contribution in [2.45, 2.75) is 18.6 Å². The van der Waals surface area contributed by atoms with Crippen molar-refractivity contribution >= 4 is 17.9 Å². The Balaban J connectivity index is 1.90. The van der Waals surface area contributed by atoms with Crippen LogP contribution in [0.15, 0.2) is 0 Å². The summed E-state index contributed by atoms with van der Waals surface area (Å²) in [4.78, 5) is 37.1. The predicted molar refractivity (Wildman–Crippen MR) is 69.5 cm³/mol. The molecule has 0 radical (unpaired) electrons. The third kappa shape index (κ3) is 3.42. The Morgan fingerprint density at radius 2 is 2.10 bits per heavy atom. The zero-order valence-electron chi connectivity index (χ0n) is 11.8. The number of aliphatic carboxylic acids is 1. The second-order valence-electron chi connectivity index (χ2n) is 5.46. The standard InChI is InChI=1S/C12H19N3O6/c1-12(21-5-9(16)17)6-14(7-12)11(19)15-2-3-20-4-8(15)10(13)18/h8H,2-7H2,1H3,(H2,13,18)(H,16,17). The molecule has 2 aliphatic rings. The molecule has 0 spiro atoms. The number of carboxylic acid groups (broad SMARTS) is 1. The molecule has 3 amide bonds. The van der Waals surface area contributed by atoms with E-state index in [1.165, 1.54) is 9.80 Å². The Morgan fingerprint density at radius 1 is 1.43 bits per heavy atom. The lowest BCUT2D eigenvalue weighted by Gasteiger charge is -2.49. The molecule has 21 heavy (non-hydrogen) atoms. The molecule has 9 heteroatoms. The largest absolute Gasteiger partial charge is 0.480 e. The van der Waals surface area contributed by atoms with E-state index in [0.29, 0.717) is 13.2 Å². The van der Waals surface area contributed by atoms with E-state index in [4.69, 9.17) is 20.3 Å². The number of carbonyl (C=O) groups is 3. The number of hydrogen-bond acceptors (Lipinski definition) is 5. The van der Waals surface area contributed by atoms with Gasteiger partial charge >= 0.3 is 12.0 Å². The Morgan fingerprint density at radius 3 is 2.67 bits per heavy atom. The number of amides is 3. The van der Waals surface area contributed by atoms with E-state index < -0.39 is 30.1 Å². The monoisotopic (exact) mass is 301 g/mol. The number of urea groups is 1. The number of morpholine rings is 1. The number of ether oxygens (including phenoxy) is 2. The number of likely N-dealkylation sites (tertiary alicyclic amines) is 1. The van der Waals surface area contributed by atoms with Crippen molar-refractivity contribution in [3.05, 3.63) is 0 Å². The molecule has 1 unspecified atom stereocenters. The first-order valence-corrected chi connectivity index (χ1v) is 6.61. The van der Waals surface area contributed by atoms with Crippen molar-refractivity contribution in [3.8, 4) is 0 Å². The lowest BCUT2D eigenvalue weighted by Crippen LogP contribution is -2.68. The highest BCUT2D eigenvalue weighted by atomic mass is 16.5. The summed E-state index contributed by atoms with van der Waals surface area (Å²) in [5, 5.41) is 8.59. The van der Waals surface area contributed by atoms with Gasteiger partial charge in [0.25, 0.3) is 0 Å². The quantitative estimate of drug-likeness (QED) is 0.649. The van der Waals surface area contributed by atoms with Crippen molar-refractivity contribution in [3.63, 3.8) is 0 Å². The van der Waals surface area contributed by atoms with Crippen LogP contribution in [-0.2, 0) is 19.1 Å². The zero-order valence-corrected chi connectivity index (χ0v) is 11.8. The lowest BCUT2D eigenvalue weighted by atomic mass is 9.96. The van der Waals surface area contributed by atoms with Crippen molar-refractivity contribution in [1.82, 2.24) is 9.80 Å². The van der Waals surface area contributed by atoms with E-state index in [2.05, 4.69) is 0 Å². The molecule has 1 atom stereocenters. The summed E-state index contributed by atoms with van der Waals surface area (Å²) in [5.74, 6) is -1.66. The van der Waals surface area contributed by atoms with Crippen LogP contribution in [-0.4, -0.2) is 83.9 Å². The minimum absolute atomic E-state index is 0.0989. The summed E-state index contributed by atoms with van der Waals surface area (Å²) >= 11 is 0. The van der Waals surface area contributed by atoms with Gasteiger partial charge < -0.3 is 30.1 Å². The molecule has 2 saturated heterocycles. The maximum Gasteiger partial charge on any atom is 0.329 e. The van der Waals surface area contributed by atoms with Crippen LogP contribution in [0.4, 0.5) is 4.79 Å². The van der Waals surface area contributed by atoms with Gasteiger partial charge in [0, 0.05) is 6.54 Å². The molecular formula is C12H19N3O6. The predicted octanol–water partition coefficient (Wildman–Crippen LogP) is -1.53. The molecular weight excluding hydrogens is 282 g/mol. The zero-order chi connectivity index (χ0) is 15.6. The number of primary amides is 1. The van der Waals surface area contributed by atoms with Gasteiger partial charge in [0.1, 0.15) is 18.2 Å². The average Bonchev–Trinajstić information content (AvgIpc) is 2.41. The highest BCUT2D eigenvalue weighted by molar-refractivity contribution is 5.86. The molecule has 0 saturated carbocycles. The van der Waals surface area contributed by atoms with Crippen molar-refractivity contribution in [2.75, 3.05) is 39.5 Å². The van der Waals surface area contributed by atoms with Crippen LogP contribution in [0.3, 0.4) is 0 Å². The fraction of sp³-hybridized carbons (Fsp3) is 0.750. The number of nitrogens with two attached hydrogens (primary N) is 1. The average molecular weight is 301 g/mol. The molecule has 118 valence electrons. The fourth-order valence-corrected chi connectivity index (χ4v) is 2.47. The third-order valence-electron chi connectivity index (χ3n) is 3.57. The first-order chi connectivity index (χ1) is 9.82. The molecule has 0 aromatic heterocycles. The highest BCUT2D eigenvalue weighted by Gasteiger charge is 2.46. The summed E-state index contributed by atoms with van der Waals surface area (Å²) in [6, 6.07) is -1.07. The van der Waals surface area contributed by atoms with Gasteiger partial charge in [-0.2, -0.15) is 0 Å². The van der Waals surface area contributed by atoms with Crippen LogP contribution < -0.4 is 5.73 Å². The van der Waals surface area contributed by atoms with E-state index in [-0.39, 0.29) is 25.7 Å². The van der Waals surface area contributed by atoms with Gasteiger partial charge in [-0.15, -0.1) is 0 Å². The SMILES string of the molecule is CC1(OCC(=O)O)CN(C(=O)N2CCOCC2C(N)=O)C1. The summed E-state index contributed by atoms with van der Waals surface area (Å²) < 4.78 is 10.4. The number of rotatable bonds is 4. The molecule has 2 heterocycles. The normalized spacial score (nSPS) is 24.3. The van der Waals surface area contributed by atoms with E-state index in [0.717, 1.165) is 0 Å². The second kappa shape index (κ2) is 5.86. The molecule has 0 bridgehead atoms. The maximum absolute atomic E-state index is 12.3. The highest BCUT2D eigenvalue weighted by Crippen LogP contribution is 2.26. The first-order valence-electron chi connectivity index (χ1n) is 6.61. The minimum atomic E-state index is -1.05. The summed E-state index contributed by atoms with van der Waals surface area (Å²) in [5.41, 5.74) is 4.60. The second-order valence-corrected chi connectivity index (χ2v) is 5.46. The van der Waals surface area contributed by atoms with Gasteiger partial charge in [0.2, 0.25) is 5.91 Å². The Bertz CT molecular complexity index is 448. The smallest absolute Gasteiger partial charge is 0.329 e. The van der Waals surface area contributed by atoms with Gasteiger partial charge in [-0.3, -0.25) is 4.79 Å². The van der Waals surface area contributed by atoms with Gasteiger partial charge in [0.05, 0.1) is 26.3 Å². The lowest BCUT2D eigenvalue weighted by molar-refractivity contribution is -0.161. The minimum Gasteiger partial charge on any atom is -0.480 e. The summed E-state index contributed by atoms with van der Waals surface area (Å²) in [6.45, 7) is 2.65. The van der Waals surface area contributed by atoms with Crippen molar-refractivity contribution in [1.29, 1.82) is 0 Å². The Labute approximate surface area is 121 Å². The first kappa shape index (κ1) is 15.5. The number of hydrogen-bond donors (Lipinski definition) is 2. The third-order valence-corrected chi connectivity index (χ3v) is 3.57. The van der Waals surface area contributed by atoms with Crippen molar-refractivity contribution < 1.29 is 29.0 Å². The molecule has 9 nitrogen and oxygen atoms in total. The summed E-state index contributed by atoms with van der Waals surface area (Å²) in [7, 11) is 0. The summed E-state index contributed by atoms with van der Waals surface area (Å²) in [6.07, 6.45) is 0. The van der Waals surface area contributed by atoms with E-state index in [1.807, 2.05) is 0 Å². The Hall–Kier alpha value is -1.87. The Kier molecular flexibility index (Phi) is 4.33. The topological polar surface area (TPSA) is 122 Å². The molecule has 2 aliphatic heterocycles. The molecule has 0 aromatic carbocycles. The van der Waals surface area contributed by atoms with Crippen LogP contribution in [0.2, 0.25) is 0 Å². The molecule has 3 N–H and O–H groups in total. The molecule has 2 fully saturated rings. The van der Waals surface area contributed by atoms with Crippen molar-refractivity contribution in [2.24, 2.45) is 5.73 Å². The van der Waals surface area contributed by atoms with E-state index >= 15 is 0 Å².